The van der Waals surface area contributed by atoms with Crippen molar-refractivity contribution in [1.82, 2.24) is 20.7 Å². The van der Waals surface area contributed by atoms with Crippen molar-refractivity contribution in [2.24, 2.45) is 5.92 Å². The van der Waals surface area contributed by atoms with E-state index in [9.17, 15) is 14.4 Å². The van der Waals surface area contributed by atoms with Crippen molar-refractivity contribution in [2.75, 3.05) is 13.6 Å². The van der Waals surface area contributed by atoms with Crippen LogP contribution in [0, 0.1) is 5.92 Å². The second-order valence-corrected chi connectivity index (χ2v) is 9.70. The van der Waals surface area contributed by atoms with Crippen molar-refractivity contribution in [3.05, 3.63) is 35.9 Å². The van der Waals surface area contributed by atoms with Gasteiger partial charge in [-0.25, -0.2) is 4.79 Å². The minimum atomic E-state index is -0.835. The Morgan fingerprint density at radius 3 is 2.39 bits per heavy atom. The van der Waals surface area contributed by atoms with E-state index in [0.717, 1.165) is 43.5 Å². The summed E-state index contributed by atoms with van der Waals surface area (Å²) in [5.41, 5.74) is 3.12. The van der Waals surface area contributed by atoms with Gasteiger partial charge >= 0.3 is 6.03 Å². The van der Waals surface area contributed by atoms with E-state index in [1.807, 2.05) is 18.0 Å². The average molecular weight is 427 g/mol. The van der Waals surface area contributed by atoms with E-state index >= 15 is 0 Å². The zero-order valence-corrected chi connectivity index (χ0v) is 18.6. The fourth-order valence-corrected chi connectivity index (χ4v) is 5.41. The Bertz CT molecular complexity index is 811. The van der Waals surface area contributed by atoms with Crippen molar-refractivity contribution in [3.8, 4) is 0 Å². The van der Waals surface area contributed by atoms with Gasteiger partial charge in [0.25, 0.3) is 11.8 Å². The molecule has 4 amide bonds. The smallest absolute Gasteiger partial charge is 0.322 e. The number of imide groups is 1. The van der Waals surface area contributed by atoms with Gasteiger partial charge in [-0.3, -0.25) is 19.9 Å². The van der Waals surface area contributed by atoms with E-state index in [0.29, 0.717) is 30.7 Å². The standard InChI is InChI=1S/C24H34N4O3/c1-17-12-14-24(15-13-17)22(30)28(23(31)25-24)26-21(29)16-27(2)20-10-8-19(9-11-20)18-6-4-3-5-7-18/h3-7,17,19-20H,8-16H2,1-2H3,(H,25,31)(H,26,29). The van der Waals surface area contributed by atoms with Crippen molar-refractivity contribution in [2.45, 2.75) is 75.8 Å². The lowest BCUT2D eigenvalue weighted by Crippen LogP contribution is -2.53. The van der Waals surface area contributed by atoms with Crippen LogP contribution in [0.5, 0.6) is 0 Å². The molecule has 1 heterocycles. The monoisotopic (exact) mass is 426 g/mol. The van der Waals surface area contributed by atoms with Crippen LogP contribution < -0.4 is 10.7 Å². The minimum absolute atomic E-state index is 0.168. The molecule has 7 nitrogen and oxygen atoms in total. The molecule has 1 aromatic carbocycles. The maximum atomic E-state index is 12.9. The van der Waals surface area contributed by atoms with Crippen LogP contribution >= 0.6 is 0 Å². The highest BCUT2D eigenvalue weighted by Gasteiger charge is 2.52. The summed E-state index contributed by atoms with van der Waals surface area (Å²) in [6.45, 7) is 2.33. The second-order valence-electron chi connectivity index (χ2n) is 9.70. The Morgan fingerprint density at radius 2 is 1.74 bits per heavy atom. The lowest BCUT2D eigenvalue weighted by Gasteiger charge is -2.35. The largest absolute Gasteiger partial charge is 0.344 e. The summed E-state index contributed by atoms with van der Waals surface area (Å²) in [5, 5.41) is 3.74. The molecule has 0 aromatic heterocycles. The molecule has 1 spiro atoms. The Hall–Kier alpha value is -2.41. The Labute approximate surface area is 184 Å². The van der Waals surface area contributed by atoms with Crippen molar-refractivity contribution < 1.29 is 14.4 Å². The lowest BCUT2D eigenvalue weighted by atomic mass is 9.77. The second kappa shape index (κ2) is 8.99. The summed E-state index contributed by atoms with van der Waals surface area (Å²) in [5.74, 6) is 0.505. The number of carbonyl (C=O) groups excluding carboxylic acids is 3. The maximum Gasteiger partial charge on any atom is 0.344 e. The van der Waals surface area contributed by atoms with Gasteiger partial charge in [-0.1, -0.05) is 37.3 Å². The van der Waals surface area contributed by atoms with Crippen LogP contribution in [0.4, 0.5) is 4.79 Å². The molecule has 2 aliphatic carbocycles. The van der Waals surface area contributed by atoms with Crippen LogP contribution in [0.2, 0.25) is 0 Å². The Kier molecular flexibility index (Phi) is 6.32. The number of benzene rings is 1. The van der Waals surface area contributed by atoms with Gasteiger partial charge < -0.3 is 5.32 Å². The van der Waals surface area contributed by atoms with E-state index in [2.05, 4.69) is 41.9 Å². The molecule has 1 aromatic rings. The molecule has 0 unspecified atom stereocenters. The van der Waals surface area contributed by atoms with Crippen LogP contribution in [0.25, 0.3) is 0 Å². The van der Waals surface area contributed by atoms with E-state index < -0.39 is 11.6 Å². The van der Waals surface area contributed by atoms with Gasteiger partial charge in [-0.2, -0.15) is 5.01 Å². The molecule has 1 saturated heterocycles. The number of nitrogens with one attached hydrogen (secondary N) is 2. The molecule has 3 fully saturated rings. The first-order valence-electron chi connectivity index (χ1n) is 11.6. The molecule has 4 rings (SSSR count). The van der Waals surface area contributed by atoms with Gasteiger partial charge in [0.15, 0.2) is 0 Å². The van der Waals surface area contributed by atoms with Crippen LogP contribution in [0.3, 0.4) is 0 Å². The number of nitrogens with zero attached hydrogens (tertiary/aromatic N) is 2. The first-order valence-corrected chi connectivity index (χ1v) is 11.6. The lowest BCUT2D eigenvalue weighted by molar-refractivity contribution is -0.140. The SMILES string of the molecule is CC1CCC2(CC1)NC(=O)N(NC(=O)CN(C)C1CCC(c3ccccc3)CC1)C2=O. The van der Waals surface area contributed by atoms with Crippen LogP contribution in [0.1, 0.15) is 69.8 Å². The van der Waals surface area contributed by atoms with Gasteiger partial charge in [-0.05, 0) is 75.8 Å². The van der Waals surface area contributed by atoms with Crippen molar-refractivity contribution in [1.29, 1.82) is 0 Å². The molecule has 2 N–H and O–H groups in total. The van der Waals surface area contributed by atoms with Crippen molar-refractivity contribution in [3.63, 3.8) is 0 Å². The Balaban J connectivity index is 1.27. The quantitative estimate of drug-likeness (QED) is 0.709. The number of hydrogen-bond donors (Lipinski definition) is 2. The predicted octanol–water partition coefficient (Wildman–Crippen LogP) is 3.18. The molecule has 0 radical (unpaired) electrons. The minimum Gasteiger partial charge on any atom is -0.322 e. The van der Waals surface area contributed by atoms with E-state index in [4.69, 9.17) is 0 Å². The average Bonchev–Trinajstić information content (AvgIpc) is 3.00. The first-order chi connectivity index (χ1) is 14.9. The molecule has 0 atom stereocenters. The van der Waals surface area contributed by atoms with E-state index in [-0.39, 0.29) is 18.4 Å². The third-order valence-electron chi connectivity index (χ3n) is 7.51. The number of rotatable bonds is 5. The fourth-order valence-electron chi connectivity index (χ4n) is 5.41. The zero-order chi connectivity index (χ0) is 22.0. The fraction of sp³-hybridized carbons (Fsp3) is 0.625. The molecule has 168 valence electrons. The predicted molar refractivity (Wildman–Crippen MR) is 118 cm³/mol. The molecular formula is C24H34N4O3. The normalized spacial score (nSPS) is 31.2. The highest BCUT2D eigenvalue weighted by Crippen LogP contribution is 2.36. The van der Waals surface area contributed by atoms with Crippen molar-refractivity contribution >= 4 is 17.8 Å². The van der Waals surface area contributed by atoms with Gasteiger partial charge in [0.05, 0.1) is 6.54 Å². The topological polar surface area (TPSA) is 81.8 Å². The summed E-state index contributed by atoms with van der Waals surface area (Å²) in [7, 11) is 1.95. The summed E-state index contributed by atoms with van der Waals surface area (Å²) < 4.78 is 0. The summed E-state index contributed by atoms with van der Waals surface area (Å²) >= 11 is 0. The molecular weight excluding hydrogens is 392 g/mol. The third kappa shape index (κ3) is 4.61. The molecule has 31 heavy (non-hydrogen) atoms. The summed E-state index contributed by atoms with van der Waals surface area (Å²) in [6.07, 6.45) is 7.36. The summed E-state index contributed by atoms with van der Waals surface area (Å²) in [4.78, 5) is 40.0. The molecule has 0 bridgehead atoms. The first kappa shape index (κ1) is 21.8. The Morgan fingerprint density at radius 1 is 1.10 bits per heavy atom. The van der Waals surface area contributed by atoms with Gasteiger partial charge in [0, 0.05) is 6.04 Å². The zero-order valence-electron chi connectivity index (χ0n) is 18.6. The number of hydrogen-bond acceptors (Lipinski definition) is 4. The molecule has 3 aliphatic rings. The van der Waals surface area contributed by atoms with Gasteiger partial charge in [-0.15, -0.1) is 0 Å². The number of hydrazine groups is 1. The molecule has 1 aliphatic heterocycles. The molecule has 2 saturated carbocycles. The maximum absolute atomic E-state index is 12.9. The van der Waals surface area contributed by atoms with Crippen LogP contribution in [-0.4, -0.2) is 52.9 Å². The number of carbonyl (C=O) groups is 3. The number of likely N-dealkylation sites (N-methyl/N-ethyl adjacent to an activating group) is 1. The van der Waals surface area contributed by atoms with Crippen LogP contribution in [-0.2, 0) is 9.59 Å². The van der Waals surface area contributed by atoms with E-state index in [1.54, 1.807) is 0 Å². The highest BCUT2D eigenvalue weighted by molar-refractivity contribution is 6.08. The van der Waals surface area contributed by atoms with Gasteiger partial charge in [0.1, 0.15) is 5.54 Å². The number of urea groups is 1. The van der Waals surface area contributed by atoms with Gasteiger partial charge in [0.2, 0.25) is 0 Å². The number of amides is 4. The third-order valence-corrected chi connectivity index (χ3v) is 7.51. The highest BCUT2D eigenvalue weighted by atomic mass is 16.2. The van der Waals surface area contributed by atoms with Crippen LogP contribution in [0.15, 0.2) is 30.3 Å². The van der Waals surface area contributed by atoms with E-state index in [1.165, 1.54) is 5.56 Å². The summed E-state index contributed by atoms with van der Waals surface area (Å²) in [6, 6.07) is 10.4. The molecule has 7 heteroatoms.